The van der Waals surface area contributed by atoms with E-state index in [1.54, 1.807) is 0 Å². The Labute approximate surface area is 152 Å². The van der Waals surface area contributed by atoms with E-state index in [1.165, 1.54) is 19.3 Å². The average Bonchev–Trinajstić information content (AvgIpc) is 2.55. The smallest absolute Gasteiger partial charge is 0.220 e. The second kappa shape index (κ2) is 10.9. The first-order valence-electron chi connectivity index (χ1n) is 9.34. The van der Waals surface area contributed by atoms with Crippen LogP contribution in [0, 0.1) is 17.8 Å². The van der Waals surface area contributed by atoms with Crippen molar-refractivity contribution < 1.29 is 9.59 Å². The number of hydrogen-bond acceptors (Lipinski definition) is 3. The van der Waals surface area contributed by atoms with Crippen LogP contribution in [-0.2, 0) is 9.59 Å². The monoisotopic (exact) mass is 359 g/mol. The number of carbonyl (C=O) groups excluding carboxylic acids is 2. The summed E-state index contributed by atoms with van der Waals surface area (Å²) < 4.78 is 0. The molecular weight excluding hydrogens is 326 g/mol. The fraction of sp³-hybridized carbons (Fsp3) is 0.889. The van der Waals surface area contributed by atoms with Crippen LogP contribution in [0.25, 0.3) is 0 Å². The van der Waals surface area contributed by atoms with Gasteiger partial charge in [0.2, 0.25) is 11.8 Å². The Bertz CT molecular complexity index is 394. The van der Waals surface area contributed by atoms with Gasteiger partial charge in [0.15, 0.2) is 0 Å². The number of primary amides is 1. The van der Waals surface area contributed by atoms with Crippen molar-refractivity contribution in [1.82, 2.24) is 10.6 Å². The van der Waals surface area contributed by atoms with E-state index in [-0.39, 0.29) is 36.7 Å². The standard InChI is InChI=1S/C18H33N3O2.ClH/c1-13(14-7-9-20-10-8-14)11-18(23)21-16(12-17(19)22)15-5-3-2-4-6-15;/h13-16,20H,2-12H2,1H3,(H2,19,22)(H,21,23);1H. The highest BCUT2D eigenvalue weighted by atomic mass is 35.5. The van der Waals surface area contributed by atoms with Crippen molar-refractivity contribution in [3.05, 3.63) is 0 Å². The molecule has 2 amide bonds. The zero-order chi connectivity index (χ0) is 16.7. The molecule has 0 aromatic carbocycles. The van der Waals surface area contributed by atoms with Crippen LogP contribution in [0.15, 0.2) is 0 Å². The SMILES string of the molecule is CC(CC(=O)NC(CC(N)=O)C1CCCCC1)C1CCNCC1.Cl. The van der Waals surface area contributed by atoms with E-state index in [9.17, 15) is 9.59 Å². The van der Waals surface area contributed by atoms with Crippen molar-refractivity contribution in [3.8, 4) is 0 Å². The lowest BCUT2D eigenvalue weighted by Crippen LogP contribution is -2.44. The van der Waals surface area contributed by atoms with E-state index in [1.807, 2.05) is 0 Å². The summed E-state index contributed by atoms with van der Waals surface area (Å²) >= 11 is 0. The minimum atomic E-state index is -0.313. The van der Waals surface area contributed by atoms with E-state index in [4.69, 9.17) is 5.73 Å². The van der Waals surface area contributed by atoms with Crippen LogP contribution in [0.5, 0.6) is 0 Å². The number of nitrogens with two attached hydrogens (primary N) is 1. The molecule has 0 radical (unpaired) electrons. The maximum atomic E-state index is 12.5. The van der Waals surface area contributed by atoms with E-state index >= 15 is 0 Å². The molecule has 24 heavy (non-hydrogen) atoms. The van der Waals surface area contributed by atoms with Crippen LogP contribution < -0.4 is 16.4 Å². The summed E-state index contributed by atoms with van der Waals surface area (Å²) in [7, 11) is 0. The van der Waals surface area contributed by atoms with Gasteiger partial charge in [-0.2, -0.15) is 0 Å². The number of hydrogen-bond donors (Lipinski definition) is 3. The molecule has 0 bridgehead atoms. The predicted molar refractivity (Wildman–Crippen MR) is 98.9 cm³/mol. The summed E-state index contributed by atoms with van der Waals surface area (Å²) in [6.07, 6.45) is 9.00. The predicted octanol–water partition coefficient (Wildman–Crippen LogP) is 2.37. The largest absolute Gasteiger partial charge is 0.370 e. The summed E-state index contributed by atoms with van der Waals surface area (Å²) in [5.41, 5.74) is 5.40. The first kappa shape index (κ1) is 21.2. The molecular formula is C18H34ClN3O2. The van der Waals surface area contributed by atoms with E-state index in [0.717, 1.165) is 38.8 Å². The van der Waals surface area contributed by atoms with Crippen LogP contribution in [-0.4, -0.2) is 30.9 Å². The number of amides is 2. The van der Waals surface area contributed by atoms with Gasteiger partial charge in [-0.25, -0.2) is 0 Å². The van der Waals surface area contributed by atoms with Gasteiger partial charge in [-0.3, -0.25) is 9.59 Å². The lowest BCUT2D eigenvalue weighted by Gasteiger charge is -2.32. The quantitative estimate of drug-likeness (QED) is 0.652. The third-order valence-electron chi connectivity index (χ3n) is 5.68. The summed E-state index contributed by atoms with van der Waals surface area (Å²) in [6.45, 7) is 4.30. The highest BCUT2D eigenvalue weighted by Gasteiger charge is 2.28. The molecule has 2 aliphatic rings. The fourth-order valence-electron chi connectivity index (χ4n) is 4.23. The Morgan fingerprint density at radius 1 is 1.04 bits per heavy atom. The molecule has 6 heteroatoms. The summed E-state index contributed by atoms with van der Waals surface area (Å²) in [5, 5.41) is 6.50. The number of rotatable bonds is 7. The Balaban J connectivity index is 0.00000288. The van der Waals surface area contributed by atoms with Gasteiger partial charge in [0.25, 0.3) is 0 Å². The number of carbonyl (C=O) groups is 2. The third kappa shape index (κ3) is 6.98. The van der Waals surface area contributed by atoms with Gasteiger partial charge in [-0.1, -0.05) is 26.2 Å². The van der Waals surface area contributed by atoms with E-state index < -0.39 is 0 Å². The molecule has 5 nitrogen and oxygen atoms in total. The van der Waals surface area contributed by atoms with Gasteiger partial charge in [-0.05, 0) is 56.5 Å². The van der Waals surface area contributed by atoms with Gasteiger partial charge in [0.1, 0.15) is 0 Å². The van der Waals surface area contributed by atoms with Gasteiger partial charge in [0, 0.05) is 18.9 Å². The third-order valence-corrected chi connectivity index (χ3v) is 5.68. The van der Waals surface area contributed by atoms with Crippen molar-refractivity contribution in [2.75, 3.05) is 13.1 Å². The normalized spacial score (nSPS) is 22.2. The van der Waals surface area contributed by atoms with Gasteiger partial charge in [0.05, 0.1) is 0 Å². The van der Waals surface area contributed by atoms with Crippen LogP contribution in [0.1, 0.15) is 64.7 Å². The van der Waals surface area contributed by atoms with Crippen LogP contribution in [0.2, 0.25) is 0 Å². The zero-order valence-electron chi connectivity index (χ0n) is 14.9. The van der Waals surface area contributed by atoms with Crippen LogP contribution in [0.3, 0.4) is 0 Å². The Morgan fingerprint density at radius 3 is 2.25 bits per heavy atom. The molecule has 0 spiro atoms. The Morgan fingerprint density at radius 2 is 1.67 bits per heavy atom. The molecule has 4 N–H and O–H groups in total. The molecule has 2 atom stereocenters. The van der Waals surface area contributed by atoms with Crippen LogP contribution >= 0.6 is 12.4 Å². The molecule has 1 aliphatic heterocycles. The Kier molecular flexibility index (Phi) is 9.67. The van der Waals surface area contributed by atoms with E-state index in [0.29, 0.717) is 24.2 Å². The summed E-state index contributed by atoms with van der Waals surface area (Å²) in [6, 6.07) is -0.0690. The average molecular weight is 360 g/mol. The Hall–Kier alpha value is -0.810. The molecule has 2 rings (SSSR count). The minimum absolute atomic E-state index is 0. The topological polar surface area (TPSA) is 84.2 Å². The zero-order valence-corrected chi connectivity index (χ0v) is 15.7. The lowest BCUT2D eigenvalue weighted by molar-refractivity contribution is -0.124. The second-order valence-corrected chi connectivity index (χ2v) is 7.51. The molecule has 1 heterocycles. The van der Waals surface area contributed by atoms with Crippen molar-refractivity contribution in [2.24, 2.45) is 23.5 Å². The molecule has 1 saturated carbocycles. The highest BCUT2D eigenvalue weighted by molar-refractivity contribution is 5.85. The fourth-order valence-corrected chi connectivity index (χ4v) is 4.23. The molecule has 0 aromatic rings. The van der Waals surface area contributed by atoms with Crippen molar-refractivity contribution >= 4 is 24.2 Å². The maximum absolute atomic E-state index is 12.5. The number of piperidine rings is 1. The van der Waals surface area contributed by atoms with Crippen LogP contribution in [0.4, 0.5) is 0 Å². The minimum Gasteiger partial charge on any atom is -0.370 e. The lowest BCUT2D eigenvalue weighted by atomic mass is 9.81. The molecule has 2 unspecified atom stereocenters. The first-order chi connectivity index (χ1) is 11.1. The van der Waals surface area contributed by atoms with Crippen molar-refractivity contribution in [3.63, 3.8) is 0 Å². The highest BCUT2D eigenvalue weighted by Crippen LogP contribution is 2.28. The van der Waals surface area contributed by atoms with Crippen molar-refractivity contribution in [2.45, 2.75) is 70.8 Å². The number of halogens is 1. The first-order valence-corrected chi connectivity index (χ1v) is 9.34. The summed E-state index contributed by atoms with van der Waals surface area (Å²) in [4.78, 5) is 23.8. The summed E-state index contributed by atoms with van der Waals surface area (Å²) in [5.74, 6) is 1.22. The molecule has 1 aliphatic carbocycles. The van der Waals surface area contributed by atoms with Gasteiger partial charge < -0.3 is 16.4 Å². The molecule has 0 aromatic heterocycles. The molecule has 2 fully saturated rings. The maximum Gasteiger partial charge on any atom is 0.220 e. The molecule has 1 saturated heterocycles. The van der Waals surface area contributed by atoms with E-state index in [2.05, 4.69) is 17.6 Å². The number of nitrogens with one attached hydrogen (secondary N) is 2. The molecule has 140 valence electrons. The van der Waals surface area contributed by atoms with Crippen molar-refractivity contribution in [1.29, 1.82) is 0 Å². The van der Waals surface area contributed by atoms with Gasteiger partial charge >= 0.3 is 0 Å². The second-order valence-electron chi connectivity index (χ2n) is 7.51. The van der Waals surface area contributed by atoms with Gasteiger partial charge in [-0.15, -0.1) is 12.4 Å².